The number of carbonyl (C=O) groups is 2. The van der Waals surface area contributed by atoms with Crippen molar-refractivity contribution in [1.29, 1.82) is 0 Å². The summed E-state index contributed by atoms with van der Waals surface area (Å²) in [7, 11) is -1.85. The van der Waals surface area contributed by atoms with Gasteiger partial charge < -0.3 is 0 Å². The second kappa shape index (κ2) is 7.50. The molecule has 2 aromatic carbocycles. The van der Waals surface area contributed by atoms with E-state index in [-0.39, 0.29) is 26.2 Å². The van der Waals surface area contributed by atoms with Crippen LogP contribution in [0.5, 0.6) is 0 Å². The molecule has 0 N–H and O–H groups in total. The zero-order valence-electron chi connectivity index (χ0n) is 16.6. The Labute approximate surface area is 169 Å². The van der Waals surface area contributed by atoms with E-state index in [0.717, 1.165) is 10.7 Å². The van der Waals surface area contributed by atoms with Crippen LogP contribution in [0.3, 0.4) is 0 Å². The van der Waals surface area contributed by atoms with Gasteiger partial charge in [0.2, 0.25) is 0 Å². The first-order valence-corrected chi connectivity index (χ1v) is 14.3. The number of carbonyl (C=O) groups excluding carboxylic acids is 2. The van der Waals surface area contributed by atoms with Gasteiger partial charge in [-0.05, 0) is 0 Å². The van der Waals surface area contributed by atoms with Crippen LogP contribution in [-0.2, 0) is 9.59 Å². The van der Waals surface area contributed by atoms with E-state index in [1.807, 2.05) is 36.4 Å². The number of benzene rings is 2. The van der Waals surface area contributed by atoms with Gasteiger partial charge in [0.15, 0.2) is 0 Å². The number of hydrogen-bond acceptors (Lipinski definition) is 2. The molecule has 0 spiro atoms. The predicted octanol–water partition coefficient (Wildman–Crippen LogP) is 3.75. The first-order valence-electron chi connectivity index (χ1n) is 9.50. The van der Waals surface area contributed by atoms with Crippen LogP contribution >= 0.6 is 0 Å². The normalized spacial score (nSPS) is 25.2. The summed E-state index contributed by atoms with van der Waals surface area (Å²) in [5.41, 5.74) is 0.288. The molecule has 0 bridgehead atoms. The molecule has 0 amide bonds. The molecule has 1 unspecified atom stereocenters. The van der Waals surface area contributed by atoms with Crippen molar-refractivity contribution in [3.63, 3.8) is 0 Å². The van der Waals surface area contributed by atoms with Crippen LogP contribution in [0.15, 0.2) is 60.7 Å². The first kappa shape index (κ1) is 20.3. The van der Waals surface area contributed by atoms with Crippen LogP contribution in [0.1, 0.15) is 26.7 Å². The molecule has 1 aliphatic carbocycles. The van der Waals surface area contributed by atoms with Gasteiger partial charge in [-0.1, -0.05) is 0 Å². The Morgan fingerprint density at radius 2 is 1.56 bits per heavy atom. The summed E-state index contributed by atoms with van der Waals surface area (Å²) in [6, 6.07) is 20.7. The van der Waals surface area contributed by atoms with Crippen molar-refractivity contribution in [2.45, 2.75) is 49.6 Å². The van der Waals surface area contributed by atoms with Crippen molar-refractivity contribution in [2.24, 2.45) is 5.41 Å². The third-order valence-corrected chi connectivity index (χ3v) is 13.5. The van der Waals surface area contributed by atoms with Crippen LogP contribution in [0.2, 0.25) is 22.9 Å². The monoisotopic (exact) mass is 444 g/mol. The Hall–Kier alpha value is -1.48. The molecule has 0 saturated heterocycles. The van der Waals surface area contributed by atoms with Crippen LogP contribution in [0.4, 0.5) is 0 Å². The fourth-order valence-corrected chi connectivity index (χ4v) is 11.9. The minimum absolute atomic E-state index is 0.0447. The average Bonchev–Trinajstić information content (AvgIpc) is 2.65. The molecule has 1 aliphatic rings. The Balaban J connectivity index is 1.94. The summed E-state index contributed by atoms with van der Waals surface area (Å²) in [5, 5.41) is 1.39. The molecule has 142 valence electrons. The second-order valence-corrected chi connectivity index (χ2v) is 16.5. The molecule has 2 aromatic rings. The van der Waals surface area contributed by atoms with Crippen molar-refractivity contribution in [3.05, 3.63) is 60.7 Å². The zero-order valence-corrected chi connectivity index (χ0v) is 19.3. The van der Waals surface area contributed by atoms with Crippen LogP contribution in [0.25, 0.3) is 0 Å². The van der Waals surface area contributed by atoms with Crippen LogP contribution < -0.4 is 9.65 Å². The van der Waals surface area contributed by atoms with E-state index in [4.69, 9.17) is 0 Å². The quantitative estimate of drug-likeness (QED) is 0.401. The molecule has 3 rings (SSSR count). The van der Waals surface area contributed by atoms with E-state index in [2.05, 4.69) is 51.2 Å². The van der Waals surface area contributed by atoms with Crippen molar-refractivity contribution in [1.82, 2.24) is 0 Å². The molecule has 4 heteroatoms. The number of Topliss-reactive ketones (excluding diaryl/α,β-unsaturated/α-hetero) is 1. The molecule has 0 radical (unpaired) electrons. The molecule has 0 aromatic heterocycles. The fourth-order valence-electron chi connectivity index (χ4n) is 4.76. The van der Waals surface area contributed by atoms with Crippen molar-refractivity contribution in [3.8, 4) is 0 Å². The molecule has 2 atom stereocenters. The average molecular weight is 444 g/mol. The van der Waals surface area contributed by atoms with E-state index in [1.165, 1.54) is 5.19 Å². The molecule has 2 nitrogen and oxygen atoms in total. The number of aldehydes is 1. The van der Waals surface area contributed by atoms with Gasteiger partial charge in [-0.15, -0.1) is 0 Å². The van der Waals surface area contributed by atoms with E-state index in [9.17, 15) is 9.59 Å². The Morgan fingerprint density at radius 1 is 1.00 bits per heavy atom. The van der Waals surface area contributed by atoms with Gasteiger partial charge in [-0.2, -0.15) is 0 Å². The summed E-state index contributed by atoms with van der Waals surface area (Å²) < 4.78 is 0.300. The molecule has 0 heterocycles. The molecule has 27 heavy (non-hydrogen) atoms. The van der Waals surface area contributed by atoms with Gasteiger partial charge in [0.05, 0.1) is 0 Å². The van der Waals surface area contributed by atoms with Crippen molar-refractivity contribution in [2.75, 3.05) is 0 Å². The van der Waals surface area contributed by atoms with Gasteiger partial charge in [-0.3, -0.25) is 0 Å². The SMILES string of the molecule is CC1(C)CC(C=O)([Se]c2ccccc2)C(=O)C[C@@H]1[Si](C)(C)c1ccccc1. The summed E-state index contributed by atoms with van der Waals surface area (Å²) in [6.07, 6.45) is 2.15. The third-order valence-electron chi connectivity index (χ3n) is 6.15. The van der Waals surface area contributed by atoms with Gasteiger partial charge in [-0.25, -0.2) is 0 Å². The number of ketones is 1. The van der Waals surface area contributed by atoms with E-state index >= 15 is 0 Å². The maximum atomic E-state index is 13.3. The minimum atomic E-state index is -1.85. The Bertz CT molecular complexity index is 817. The first-order chi connectivity index (χ1) is 12.7. The number of rotatable bonds is 5. The Kier molecular flexibility index (Phi) is 5.63. The third kappa shape index (κ3) is 3.89. The van der Waals surface area contributed by atoms with Gasteiger partial charge in [0, 0.05) is 0 Å². The number of hydrogen-bond donors (Lipinski definition) is 0. The summed E-state index contributed by atoms with van der Waals surface area (Å²) in [5.74, 6) is 0.155. The summed E-state index contributed by atoms with van der Waals surface area (Å²) in [4.78, 5) is 25.6. The Morgan fingerprint density at radius 3 is 2.11 bits per heavy atom. The van der Waals surface area contributed by atoms with Crippen molar-refractivity contribution < 1.29 is 9.59 Å². The standard InChI is InChI=1S/C23H28O2SeSi/c1-22(2)16-23(17-24,26-18-11-7-5-8-12-18)20(25)15-21(22)27(3,4)19-13-9-6-10-14-19/h5-14,17,21H,15-16H2,1-4H3/t21-,23?/m0/s1. The van der Waals surface area contributed by atoms with Gasteiger partial charge in [0.25, 0.3) is 0 Å². The zero-order chi connectivity index (χ0) is 19.7. The van der Waals surface area contributed by atoms with Crippen LogP contribution in [0, 0.1) is 5.41 Å². The van der Waals surface area contributed by atoms with Gasteiger partial charge in [0.1, 0.15) is 0 Å². The fraction of sp³-hybridized carbons (Fsp3) is 0.391. The van der Waals surface area contributed by atoms with E-state index in [1.54, 1.807) is 0 Å². The molecule has 1 fully saturated rings. The second-order valence-electron chi connectivity index (χ2n) is 8.86. The molecular formula is C23H28O2SeSi. The summed E-state index contributed by atoms with van der Waals surface area (Å²) in [6.45, 7) is 9.28. The van der Waals surface area contributed by atoms with E-state index in [0.29, 0.717) is 18.4 Å². The maximum absolute atomic E-state index is 13.3. The molecule has 1 saturated carbocycles. The van der Waals surface area contributed by atoms with Crippen LogP contribution in [-0.4, -0.2) is 35.1 Å². The molecular weight excluding hydrogens is 415 g/mol. The predicted molar refractivity (Wildman–Crippen MR) is 116 cm³/mol. The topological polar surface area (TPSA) is 34.1 Å². The molecule has 0 aliphatic heterocycles. The van der Waals surface area contributed by atoms with E-state index < -0.39 is 12.4 Å². The van der Waals surface area contributed by atoms with Crippen molar-refractivity contribution >= 4 is 44.7 Å². The van der Waals surface area contributed by atoms with Gasteiger partial charge >= 0.3 is 170 Å². The summed E-state index contributed by atoms with van der Waals surface area (Å²) >= 11 is -0.173.